The van der Waals surface area contributed by atoms with Crippen LogP contribution >= 0.6 is 0 Å². The zero-order chi connectivity index (χ0) is 44.6. The van der Waals surface area contributed by atoms with E-state index in [1.807, 2.05) is 62.4 Å². The Kier molecular flexibility index (Phi) is 11.4. The van der Waals surface area contributed by atoms with Crippen LogP contribution in [-0.4, -0.2) is 16.8 Å². The van der Waals surface area contributed by atoms with Gasteiger partial charge in [-0.1, -0.05) is 129 Å². The molecule has 64 heavy (non-hydrogen) atoms. The van der Waals surface area contributed by atoms with Crippen LogP contribution in [0, 0.1) is 6.92 Å². The summed E-state index contributed by atoms with van der Waals surface area (Å²) in [6, 6.07) is 60.9. The van der Waals surface area contributed by atoms with Crippen LogP contribution in [-0.2, 0) is 25.1 Å². The lowest BCUT2D eigenvalue weighted by molar-refractivity contribution is 0.227. The Bertz CT molecular complexity index is 3110. The largest absolute Gasteiger partial charge is 0.486 e. The zero-order valence-corrected chi connectivity index (χ0v) is 37.7. The normalized spacial score (nSPS) is 13.9. The van der Waals surface area contributed by atoms with Gasteiger partial charge in [0.05, 0.1) is 25.0 Å². The van der Waals surface area contributed by atoms with E-state index in [1.165, 1.54) is 22.3 Å². The molecule has 6 nitrogen and oxygen atoms in total. The van der Waals surface area contributed by atoms with Crippen LogP contribution in [0.5, 0.6) is 17.2 Å². The number of fused-ring (bicyclic) bond motifs is 3. The summed E-state index contributed by atoms with van der Waals surface area (Å²) < 4.78 is 66.3. The lowest BCUT2D eigenvalue weighted by atomic mass is 9.68. The maximum absolute atomic E-state index is 13.5. The monoisotopic (exact) mass is 880 g/mol. The van der Waals surface area contributed by atoms with Gasteiger partial charge >= 0.3 is 0 Å². The maximum Gasteiger partial charge on any atom is 0.206 e. The third kappa shape index (κ3) is 7.71. The van der Waals surface area contributed by atoms with E-state index in [-0.39, 0.29) is 25.7 Å². The molecule has 0 spiro atoms. The number of hydrogen-bond donors (Lipinski definition) is 0. The highest BCUT2D eigenvalue weighted by Crippen LogP contribution is 2.56. The van der Waals surface area contributed by atoms with E-state index in [1.54, 1.807) is 72.8 Å². The summed E-state index contributed by atoms with van der Waals surface area (Å²) in [4.78, 5) is 0.974. The lowest BCUT2D eigenvalue weighted by Gasteiger charge is -2.34. The van der Waals surface area contributed by atoms with Crippen molar-refractivity contribution in [3.05, 3.63) is 233 Å². The summed E-state index contributed by atoms with van der Waals surface area (Å²) >= 11 is 0. The molecular weight excluding hydrogens is 833 g/mol. The van der Waals surface area contributed by atoms with Gasteiger partial charge < -0.3 is 9.47 Å². The number of rotatable bonds is 13. The van der Waals surface area contributed by atoms with Crippen LogP contribution in [0.25, 0.3) is 11.1 Å². The smallest absolute Gasteiger partial charge is 0.206 e. The van der Waals surface area contributed by atoms with Crippen molar-refractivity contribution in [2.75, 3.05) is 0 Å². The third-order valence-electron chi connectivity index (χ3n) is 12.6. The molecule has 8 heteroatoms. The molecule has 0 aliphatic heterocycles. The van der Waals surface area contributed by atoms with Crippen LogP contribution < -0.4 is 9.47 Å². The van der Waals surface area contributed by atoms with E-state index in [0.29, 0.717) is 23.2 Å². The summed E-state index contributed by atoms with van der Waals surface area (Å²) in [6.45, 7) is 8.13. The fourth-order valence-corrected chi connectivity index (χ4v) is 11.3. The Balaban J connectivity index is 0.974. The van der Waals surface area contributed by atoms with E-state index in [9.17, 15) is 16.8 Å². The molecule has 1 aliphatic carbocycles. The minimum absolute atomic E-state index is 0.207. The molecule has 1 aliphatic rings. The van der Waals surface area contributed by atoms with E-state index in [4.69, 9.17) is 9.47 Å². The van der Waals surface area contributed by atoms with Gasteiger partial charge in [0, 0.05) is 0 Å². The molecule has 0 aromatic heterocycles. The molecule has 0 radical (unpaired) electrons. The van der Waals surface area contributed by atoms with Crippen LogP contribution in [0.15, 0.2) is 214 Å². The first-order valence-electron chi connectivity index (χ1n) is 21.5. The second kappa shape index (κ2) is 17.1. The van der Waals surface area contributed by atoms with Crippen molar-refractivity contribution in [1.29, 1.82) is 0 Å². The van der Waals surface area contributed by atoms with Gasteiger partial charge in [0.15, 0.2) is 0 Å². The van der Waals surface area contributed by atoms with Gasteiger partial charge in [-0.05, 0) is 156 Å². The van der Waals surface area contributed by atoms with Crippen LogP contribution in [0.1, 0.15) is 78.2 Å². The fraction of sp³-hybridized carbons (Fsp3) is 0.143. The summed E-state index contributed by atoms with van der Waals surface area (Å²) in [6.07, 6.45) is 0.639. The first-order valence-corrected chi connectivity index (χ1v) is 24.5. The van der Waals surface area contributed by atoms with Gasteiger partial charge in [0.1, 0.15) is 23.4 Å². The van der Waals surface area contributed by atoms with Gasteiger partial charge in [0.25, 0.3) is 0 Å². The molecule has 9 rings (SSSR count). The topological polar surface area (TPSA) is 86.7 Å². The molecule has 2 atom stereocenters. The highest BCUT2D eigenvalue weighted by Gasteiger charge is 2.46. The SMILES string of the molecule is CCC(C)c1ccc(S(=O)(=O)c2ccc(Oc3ccc(C4(c5ccc(OC(C)c6ccc(S(=O)(=O)c7ccc(C)cc7)cc6)cc5)c5ccccc5-c5ccccc54)cc3)cc2)cc1. The molecule has 0 amide bonds. The van der Waals surface area contributed by atoms with Gasteiger partial charge in [-0.25, -0.2) is 16.8 Å². The maximum atomic E-state index is 13.5. The van der Waals surface area contributed by atoms with Crippen molar-refractivity contribution in [1.82, 2.24) is 0 Å². The van der Waals surface area contributed by atoms with Crippen LogP contribution in [0.3, 0.4) is 0 Å². The van der Waals surface area contributed by atoms with Crippen molar-refractivity contribution < 1.29 is 26.3 Å². The van der Waals surface area contributed by atoms with Crippen molar-refractivity contribution >= 4 is 19.7 Å². The Morgan fingerprint density at radius 3 is 1.28 bits per heavy atom. The third-order valence-corrected chi connectivity index (χ3v) is 16.1. The standard InChI is InChI=1S/C56H48O6S2/c1-5-39(3)41-16-32-49(33-17-41)64(59,60)51-36-28-47(29-37-51)62-46-26-22-44(23-27-46)56(54-12-8-6-10-52(54)53-11-7-9-13-55(53)56)43-20-24-45(25-21-43)61-40(4)42-18-34-50(35-19-42)63(57,58)48-30-14-38(2)15-31-48/h6-37,39-40H,5H2,1-4H3. The molecule has 0 saturated carbocycles. The van der Waals surface area contributed by atoms with Gasteiger partial charge in [-0.15, -0.1) is 0 Å². The van der Waals surface area contributed by atoms with Crippen LogP contribution in [0.4, 0.5) is 0 Å². The molecule has 0 fully saturated rings. The number of sulfone groups is 2. The molecule has 8 aromatic rings. The molecule has 0 heterocycles. The van der Waals surface area contributed by atoms with Crippen molar-refractivity contribution in [3.63, 3.8) is 0 Å². The van der Waals surface area contributed by atoms with E-state index < -0.39 is 25.1 Å². The molecule has 0 N–H and O–H groups in total. The number of hydrogen-bond acceptors (Lipinski definition) is 6. The molecule has 8 aromatic carbocycles. The average Bonchev–Trinajstić information content (AvgIpc) is 3.63. The van der Waals surface area contributed by atoms with Crippen molar-refractivity contribution in [3.8, 4) is 28.4 Å². The summed E-state index contributed by atoms with van der Waals surface area (Å²) in [5.41, 5.74) is 9.11. The van der Waals surface area contributed by atoms with Crippen molar-refractivity contribution in [2.45, 2.75) is 71.1 Å². The Morgan fingerprint density at radius 2 is 0.828 bits per heavy atom. The van der Waals surface area contributed by atoms with Crippen LogP contribution in [0.2, 0.25) is 0 Å². The minimum Gasteiger partial charge on any atom is -0.486 e. The Hall–Kier alpha value is -6.74. The summed E-state index contributed by atoms with van der Waals surface area (Å²) in [5.74, 6) is 2.19. The van der Waals surface area contributed by atoms with Gasteiger partial charge in [-0.2, -0.15) is 0 Å². The van der Waals surface area contributed by atoms with E-state index in [2.05, 4.69) is 86.6 Å². The molecule has 2 unspecified atom stereocenters. The second-order valence-electron chi connectivity index (χ2n) is 16.5. The minimum atomic E-state index is -3.69. The molecular formula is C56H48O6S2. The summed E-state index contributed by atoms with van der Waals surface area (Å²) in [5, 5.41) is 0. The number of benzene rings is 8. The molecule has 320 valence electrons. The Morgan fingerprint density at radius 1 is 0.453 bits per heavy atom. The first-order chi connectivity index (χ1) is 30.9. The second-order valence-corrected chi connectivity index (χ2v) is 20.4. The fourth-order valence-electron chi connectivity index (χ4n) is 8.79. The predicted molar refractivity (Wildman–Crippen MR) is 253 cm³/mol. The lowest BCUT2D eigenvalue weighted by Crippen LogP contribution is -2.28. The highest BCUT2D eigenvalue weighted by atomic mass is 32.2. The van der Waals surface area contributed by atoms with E-state index in [0.717, 1.165) is 34.2 Å². The predicted octanol–water partition coefficient (Wildman–Crippen LogP) is 13.5. The average molecular weight is 881 g/mol. The summed E-state index contributed by atoms with van der Waals surface area (Å²) in [7, 11) is -7.34. The molecule has 0 saturated heterocycles. The van der Waals surface area contributed by atoms with Gasteiger partial charge in [0.2, 0.25) is 19.7 Å². The van der Waals surface area contributed by atoms with Gasteiger partial charge in [-0.3, -0.25) is 0 Å². The Labute approximate surface area is 376 Å². The highest BCUT2D eigenvalue weighted by molar-refractivity contribution is 7.91. The quantitative estimate of drug-likeness (QED) is 0.115. The number of ether oxygens (including phenoxy) is 2. The number of aryl methyl sites for hydroxylation is 1. The zero-order valence-electron chi connectivity index (χ0n) is 36.1. The first kappa shape index (κ1) is 42.6. The van der Waals surface area contributed by atoms with E-state index >= 15 is 0 Å². The molecule has 0 bridgehead atoms. The van der Waals surface area contributed by atoms with Crippen molar-refractivity contribution in [2.24, 2.45) is 0 Å².